The van der Waals surface area contributed by atoms with Gasteiger partial charge in [0, 0.05) is 5.92 Å². The molecule has 1 unspecified atom stereocenters. The minimum atomic E-state index is -0.216. The first-order valence-corrected chi connectivity index (χ1v) is 10.7. The molecule has 0 aliphatic rings. The van der Waals surface area contributed by atoms with Crippen molar-refractivity contribution in [3.05, 3.63) is 71.8 Å². The second-order valence-corrected chi connectivity index (χ2v) is 10.1. The third-order valence-electron chi connectivity index (χ3n) is 4.64. The van der Waals surface area contributed by atoms with Crippen molar-refractivity contribution in [2.75, 3.05) is 0 Å². The predicted octanol–water partition coefficient (Wildman–Crippen LogP) is 8.16. The Balaban J connectivity index is 2.09. The van der Waals surface area contributed by atoms with Crippen LogP contribution in [0.2, 0.25) is 0 Å². The van der Waals surface area contributed by atoms with Crippen molar-refractivity contribution in [3.63, 3.8) is 0 Å². The lowest BCUT2D eigenvalue weighted by molar-refractivity contribution is 0.523. The van der Waals surface area contributed by atoms with Gasteiger partial charge in [-0.3, -0.25) is 0 Å². The highest BCUT2D eigenvalue weighted by Crippen LogP contribution is 2.51. The molecular weight excluding hydrogens is 424 g/mol. The van der Waals surface area contributed by atoms with E-state index >= 15 is 0 Å². The van der Waals surface area contributed by atoms with Crippen LogP contribution in [0.5, 0.6) is 0 Å². The van der Waals surface area contributed by atoms with Crippen LogP contribution in [-0.2, 0) is 3.23 Å². The molecule has 0 fully saturated rings. The first-order chi connectivity index (χ1) is 11.7. The Morgan fingerprint density at radius 1 is 0.750 bits per heavy atom. The van der Waals surface area contributed by atoms with E-state index in [2.05, 4.69) is 99.4 Å². The molecule has 0 radical (unpaired) electrons. The smallest absolute Gasteiger partial charge is 0.0667 e. The average Bonchev–Trinajstić information content (AvgIpc) is 2.62. The topological polar surface area (TPSA) is 0 Å². The summed E-state index contributed by atoms with van der Waals surface area (Å²) in [6.45, 7) is 2.27. The number of unbranched alkanes of at least 4 members (excludes halogenated alkanes) is 5. The summed E-state index contributed by atoms with van der Waals surface area (Å²) in [4.78, 5) is 0. The number of hydrogen-bond donors (Lipinski definition) is 0. The zero-order chi connectivity index (χ0) is 17.3. The Bertz CT molecular complexity index is 563. The molecule has 2 aromatic rings. The maximum Gasteiger partial charge on any atom is 0.112 e. The summed E-state index contributed by atoms with van der Waals surface area (Å²) in [5.41, 5.74) is 2.67. The van der Waals surface area contributed by atoms with E-state index in [0.717, 1.165) is 0 Å². The fourth-order valence-corrected chi connectivity index (χ4v) is 4.75. The van der Waals surface area contributed by atoms with Crippen LogP contribution in [0.25, 0.3) is 0 Å². The summed E-state index contributed by atoms with van der Waals surface area (Å²) < 4.78 is -0.216. The Hall–Kier alpha value is -0.600. The van der Waals surface area contributed by atoms with E-state index in [0.29, 0.717) is 5.92 Å². The normalized spacial score (nSPS) is 13.0. The molecule has 0 heterocycles. The van der Waals surface area contributed by atoms with Gasteiger partial charge in [0.05, 0.1) is 0 Å². The average molecular weight is 452 g/mol. The molecule has 2 aromatic carbocycles. The number of rotatable bonds is 10. The summed E-state index contributed by atoms with van der Waals surface area (Å²) >= 11 is 8.01. The molecular formula is C22H28Br2. The van der Waals surface area contributed by atoms with Crippen molar-refractivity contribution < 1.29 is 0 Å². The van der Waals surface area contributed by atoms with Gasteiger partial charge in [-0.2, -0.15) is 0 Å². The van der Waals surface area contributed by atoms with E-state index in [-0.39, 0.29) is 3.23 Å². The maximum atomic E-state index is 4.00. The highest BCUT2D eigenvalue weighted by atomic mass is 79.9. The molecule has 0 nitrogen and oxygen atoms in total. The van der Waals surface area contributed by atoms with Gasteiger partial charge in [0.15, 0.2) is 0 Å². The van der Waals surface area contributed by atoms with Gasteiger partial charge in [-0.15, -0.1) is 0 Å². The number of hydrogen-bond acceptors (Lipinski definition) is 0. The minimum absolute atomic E-state index is 0.216. The SMILES string of the molecule is CCCCCCCCC(c1ccccc1)C(Br)(Br)c1ccccc1. The fraction of sp³-hybridized carbons (Fsp3) is 0.455. The molecule has 0 spiro atoms. The van der Waals surface area contributed by atoms with Gasteiger partial charge in [0.25, 0.3) is 0 Å². The predicted molar refractivity (Wildman–Crippen MR) is 113 cm³/mol. The molecule has 0 aliphatic heterocycles. The van der Waals surface area contributed by atoms with Gasteiger partial charge in [-0.1, -0.05) is 138 Å². The summed E-state index contributed by atoms with van der Waals surface area (Å²) in [6.07, 6.45) is 9.20. The number of benzene rings is 2. The van der Waals surface area contributed by atoms with Gasteiger partial charge in [-0.05, 0) is 17.5 Å². The molecule has 0 bridgehead atoms. The standard InChI is InChI=1S/C22H28Br2/c1-2-3-4-5-6-13-18-21(19-14-9-7-10-15-19)22(23,24)20-16-11-8-12-17-20/h7-12,14-17,21H,2-6,13,18H2,1H3. The first kappa shape index (κ1) is 19.7. The van der Waals surface area contributed by atoms with E-state index in [1.807, 2.05) is 0 Å². The van der Waals surface area contributed by atoms with Gasteiger partial charge in [-0.25, -0.2) is 0 Å². The van der Waals surface area contributed by atoms with Crippen LogP contribution in [0.3, 0.4) is 0 Å². The van der Waals surface area contributed by atoms with Gasteiger partial charge in [0.1, 0.15) is 3.23 Å². The summed E-state index contributed by atoms with van der Waals surface area (Å²) in [5.74, 6) is 0.410. The van der Waals surface area contributed by atoms with Crippen molar-refractivity contribution in [3.8, 4) is 0 Å². The summed E-state index contributed by atoms with van der Waals surface area (Å²) in [7, 11) is 0. The molecule has 130 valence electrons. The molecule has 0 N–H and O–H groups in total. The quantitative estimate of drug-likeness (QED) is 0.252. The van der Waals surface area contributed by atoms with Crippen LogP contribution < -0.4 is 0 Å². The molecule has 2 rings (SSSR count). The van der Waals surface area contributed by atoms with Crippen LogP contribution in [0.1, 0.15) is 68.9 Å². The third kappa shape index (κ3) is 5.74. The van der Waals surface area contributed by atoms with Gasteiger partial charge in [0.2, 0.25) is 0 Å². The zero-order valence-electron chi connectivity index (χ0n) is 14.6. The molecule has 0 aliphatic carbocycles. The van der Waals surface area contributed by atoms with E-state index < -0.39 is 0 Å². The van der Waals surface area contributed by atoms with E-state index in [4.69, 9.17) is 0 Å². The largest absolute Gasteiger partial charge is 0.112 e. The summed E-state index contributed by atoms with van der Waals surface area (Å²) in [5, 5.41) is 0. The van der Waals surface area contributed by atoms with Crippen LogP contribution in [0.4, 0.5) is 0 Å². The second-order valence-electron chi connectivity index (χ2n) is 6.51. The molecule has 1 atom stereocenters. The fourth-order valence-electron chi connectivity index (χ4n) is 3.23. The Morgan fingerprint density at radius 3 is 1.92 bits per heavy atom. The monoisotopic (exact) mass is 450 g/mol. The van der Waals surface area contributed by atoms with Crippen molar-refractivity contribution in [2.24, 2.45) is 0 Å². The Labute approximate surface area is 164 Å². The molecule has 0 saturated heterocycles. The van der Waals surface area contributed by atoms with Crippen molar-refractivity contribution in [1.82, 2.24) is 0 Å². The molecule has 2 heteroatoms. The second kappa shape index (κ2) is 10.4. The molecule has 0 amide bonds. The van der Waals surface area contributed by atoms with E-state index in [9.17, 15) is 0 Å². The van der Waals surface area contributed by atoms with Crippen molar-refractivity contribution in [1.29, 1.82) is 0 Å². The Morgan fingerprint density at radius 2 is 1.29 bits per heavy atom. The van der Waals surface area contributed by atoms with Crippen molar-refractivity contribution >= 4 is 31.9 Å². The molecule has 0 saturated carbocycles. The molecule has 24 heavy (non-hydrogen) atoms. The highest BCUT2D eigenvalue weighted by Gasteiger charge is 2.35. The third-order valence-corrected chi connectivity index (χ3v) is 6.67. The van der Waals surface area contributed by atoms with Crippen molar-refractivity contribution in [2.45, 2.75) is 61.0 Å². The first-order valence-electron chi connectivity index (χ1n) is 9.14. The van der Waals surface area contributed by atoms with Crippen LogP contribution >= 0.6 is 31.9 Å². The maximum absolute atomic E-state index is 4.00. The van der Waals surface area contributed by atoms with Crippen LogP contribution in [0, 0.1) is 0 Å². The highest BCUT2D eigenvalue weighted by molar-refractivity contribution is 9.24. The van der Waals surface area contributed by atoms with Crippen LogP contribution in [-0.4, -0.2) is 0 Å². The van der Waals surface area contributed by atoms with E-state index in [1.165, 1.54) is 56.1 Å². The number of alkyl halides is 2. The minimum Gasteiger partial charge on any atom is -0.0667 e. The van der Waals surface area contributed by atoms with Gasteiger partial charge >= 0.3 is 0 Å². The lowest BCUT2D eigenvalue weighted by atomic mass is 9.87. The number of halogens is 2. The Kier molecular flexibility index (Phi) is 8.55. The van der Waals surface area contributed by atoms with Gasteiger partial charge < -0.3 is 0 Å². The summed E-state index contributed by atoms with van der Waals surface area (Å²) in [6, 6.07) is 21.6. The van der Waals surface area contributed by atoms with E-state index in [1.54, 1.807) is 0 Å². The zero-order valence-corrected chi connectivity index (χ0v) is 17.7. The molecule has 0 aromatic heterocycles. The lowest BCUT2D eigenvalue weighted by Crippen LogP contribution is -2.20. The lowest BCUT2D eigenvalue weighted by Gasteiger charge is -2.32. The van der Waals surface area contributed by atoms with Crippen LogP contribution in [0.15, 0.2) is 60.7 Å².